The predicted octanol–water partition coefficient (Wildman–Crippen LogP) is 3.28. The Labute approximate surface area is 119 Å². The fraction of sp³-hybridized carbons (Fsp3) is 0.533. The first-order valence-electron chi connectivity index (χ1n) is 6.81. The molecule has 0 amide bonds. The molecule has 1 fully saturated rings. The maximum atomic E-state index is 11.3. The normalized spacial score (nSPS) is 20.2. The molecule has 0 aliphatic carbocycles. The topological polar surface area (TPSA) is 40.5 Å². The Morgan fingerprint density at radius 1 is 1.42 bits per heavy atom. The summed E-state index contributed by atoms with van der Waals surface area (Å²) < 4.78 is 0. The van der Waals surface area contributed by atoms with Crippen molar-refractivity contribution in [2.45, 2.75) is 38.6 Å². The van der Waals surface area contributed by atoms with E-state index in [9.17, 15) is 9.90 Å². The summed E-state index contributed by atoms with van der Waals surface area (Å²) in [6.45, 7) is 2.59. The Morgan fingerprint density at radius 3 is 2.84 bits per heavy atom. The van der Waals surface area contributed by atoms with Crippen LogP contribution >= 0.6 is 11.6 Å². The highest BCUT2D eigenvalue weighted by atomic mass is 35.5. The molecule has 0 bridgehead atoms. The molecule has 0 saturated carbocycles. The number of nitrogens with zero attached hydrogens (tertiary/aromatic N) is 1. The van der Waals surface area contributed by atoms with Gasteiger partial charge in [0.25, 0.3) is 0 Å². The van der Waals surface area contributed by atoms with Crippen LogP contribution < -0.4 is 4.90 Å². The van der Waals surface area contributed by atoms with Crippen molar-refractivity contribution in [1.82, 2.24) is 0 Å². The number of aliphatic hydroxyl groups excluding tert-OH is 1. The van der Waals surface area contributed by atoms with Gasteiger partial charge in [-0.3, -0.25) is 4.79 Å². The summed E-state index contributed by atoms with van der Waals surface area (Å²) in [6, 6.07) is 5.55. The van der Waals surface area contributed by atoms with Crippen LogP contribution in [0.4, 0.5) is 5.69 Å². The highest BCUT2D eigenvalue weighted by Crippen LogP contribution is 2.31. The lowest BCUT2D eigenvalue weighted by Gasteiger charge is -2.31. The largest absolute Gasteiger partial charge is 0.394 e. The van der Waals surface area contributed by atoms with E-state index in [2.05, 4.69) is 4.90 Å². The molecule has 1 aliphatic heterocycles. The fourth-order valence-corrected chi connectivity index (χ4v) is 2.93. The van der Waals surface area contributed by atoms with Crippen LogP contribution in [0.25, 0.3) is 0 Å². The molecular formula is C15H20ClNO2. The van der Waals surface area contributed by atoms with Gasteiger partial charge in [-0.15, -0.1) is 0 Å². The first-order chi connectivity index (χ1) is 9.13. The average Bonchev–Trinajstić information content (AvgIpc) is 2.63. The molecule has 3 nitrogen and oxygen atoms in total. The van der Waals surface area contributed by atoms with E-state index in [-0.39, 0.29) is 18.4 Å². The van der Waals surface area contributed by atoms with Crippen LogP contribution in [0, 0.1) is 0 Å². The highest BCUT2D eigenvalue weighted by molar-refractivity contribution is 6.33. The van der Waals surface area contributed by atoms with Crippen molar-refractivity contribution in [2.24, 2.45) is 0 Å². The van der Waals surface area contributed by atoms with Crippen molar-refractivity contribution in [3.8, 4) is 0 Å². The van der Waals surface area contributed by atoms with E-state index in [0.717, 1.165) is 31.5 Å². The molecule has 1 atom stereocenters. The Morgan fingerprint density at radius 2 is 2.21 bits per heavy atom. The Bertz CT molecular complexity index is 461. The number of benzene rings is 1. The van der Waals surface area contributed by atoms with Gasteiger partial charge < -0.3 is 10.0 Å². The minimum Gasteiger partial charge on any atom is -0.394 e. The highest BCUT2D eigenvalue weighted by Gasteiger charge is 2.22. The first kappa shape index (κ1) is 14.4. The zero-order valence-electron chi connectivity index (χ0n) is 11.2. The van der Waals surface area contributed by atoms with Crippen molar-refractivity contribution < 1.29 is 9.90 Å². The molecule has 0 aromatic heterocycles. The van der Waals surface area contributed by atoms with Crippen LogP contribution in [-0.2, 0) is 0 Å². The summed E-state index contributed by atoms with van der Waals surface area (Å²) in [6.07, 6.45) is 4.43. The molecule has 2 rings (SSSR count). The lowest BCUT2D eigenvalue weighted by Crippen LogP contribution is -2.37. The number of Topliss-reactive ketones (excluding diaryl/α,β-unsaturated/α-hetero) is 1. The van der Waals surface area contributed by atoms with E-state index in [0.29, 0.717) is 10.6 Å². The number of rotatable bonds is 3. The number of carbonyl (C=O) groups excluding carboxylic acids is 1. The maximum absolute atomic E-state index is 11.3. The maximum Gasteiger partial charge on any atom is 0.159 e. The lowest BCUT2D eigenvalue weighted by molar-refractivity contribution is 0.101. The summed E-state index contributed by atoms with van der Waals surface area (Å²) in [5.41, 5.74) is 1.55. The smallest absolute Gasteiger partial charge is 0.159 e. The summed E-state index contributed by atoms with van der Waals surface area (Å²) in [7, 11) is 0. The van der Waals surface area contributed by atoms with Crippen LogP contribution in [0.5, 0.6) is 0 Å². The zero-order valence-corrected chi connectivity index (χ0v) is 12.0. The van der Waals surface area contributed by atoms with Gasteiger partial charge in [0.05, 0.1) is 23.4 Å². The Hall–Kier alpha value is -1.06. The molecule has 19 heavy (non-hydrogen) atoms. The molecular weight excluding hydrogens is 262 g/mol. The molecule has 1 N–H and O–H groups in total. The van der Waals surface area contributed by atoms with Crippen molar-refractivity contribution in [3.05, 3.63) is 28.8 Å². The SMILES string of the molecule is CC(=O)c1ccc(N2CCCCCC2CO)c(Cl)c1. The molecule has 1 aromatic rings. The predicted molar refractivity (Wildman–Crippen MR) is 78.1 cm³/mol. The van der Waals surface area contributed by atoms with Gasteiger partial charge in [-0.05, 0) is 38.0 Å². The van der Waals surface area contributed by atoms with Gasteiger partial charge in [-0.1, -0.05) is 24.4 Å². The Balaban J connectivity index is 2.30. The van der Waals surface area contributed by atoms with Crippen molar-refractivity contribution in [3.63, 3.8) is 0 Å². The number of ketones is 1. The molecule has 0 spiro atoms. The zero-order chi connectivity index (χ0) is 13.8. The third-order valence-corrected chi connectivity index (χ3v) is 4.05. The van der Waals surface area contributed by atoms with E-state index in [1.54, 1.807) is 6.07 Å². The first-order valence-corrected chi connectivity index (χ1v) is 7.19. The van der Waals surface area contributed by atoms with E-state index in [1.165, 1.54) is 13.3 Å². The molecule has 0 radical (unpaired) electrons. The van der Waals surface area contributed by atoms with Crippen molar-refractivity contribution >= 4 is 23.1 Å². The van der Waals surface area contributed by atoms with Gasteiger partial charge in [0.2, 0.25) is 0 Å². The van der Waals surface area contributed by atoms with Crippen molar-refractivity contribution in [1.29, 1.82) is 0 Å². The second-order valence-electron chi connectivity index (χ2n) is 5.10. The van der Waals surface area contributed by atoms with E-state index in [1.807, 2.05) is 12.1 Å². The minimum atomic E-state index is 0.0167. The number of carbonyl (C=O) groups is 1. The number of halogens is 1. The Kier molecular flexibility index (Phi) is 4.83. The van der Waals surface area contributed by atoms with Crippen LogP contribution in [0.2, 0.25) is 5.02 Å². The van der Waals surface area contributed by atoms with E-state index >= 15 is 0 Å². The van der Waals surface area contributed by atoms with Gasteiger partial charge in [-0.2, -0.15) is 0 Å². The number of anilines is 1. The second kappa shape index (κ2) is 6.40. The monoisotopic (exact) mass is 281 g/mol. The summed E-state index contributed by atoms with van der Waals surface area (Å²) >= 11 is 6.31. The van der Waals surface area contributed by atoms with E-state index < -0.39 is 0 Å². The molecule has 1 unspecified atom stereocenters. The van der Waals surface area contributed by atoms with E-state index in [4.69, 9.17) is 11.6 Å². The van der Waals surface area contributed by atoms with Gasteiger partial charge in [-0.25, -0.2) is 0 Å². The molecule has 1 saturated heterocycles. The third-order valence-electron chi connectivity index (χ3n) is 3.75. The van der Waals surface area contributed by atoms with Crippen LogP contribution in [0.15, 0.2) is 18.2 Å². The summed E-state index contributed by atoms with van der Waals surface area (Å²) in [5, 5.41) is 10.1. The van der Waals surface area contributed by atoms with Gasteiger partial charge in [0.1, 0.15) is 0 Å². The van der Waals surface area contributed by atoms with Gasteiger partial charge in [0, 0.05) is 12.1 Å². The lowest BCUT2D eigenvalue weighted by atomic mass is 10.1. The summed E-state index contributed by atoms with van der Waals surface area (Å²) in [4.78, 5) is 13.5. The van der Waals surface area contributed by atoms with Crippen LogP contribution in [0.3, 0.4) is 0 Å². The standard InChI is InChI=1S/C15H20ClNO2/c1-11(19)12-6-7-15(14(16)9-12)17-8-4-2-3-5-13(17)10-18/h6-7,9,13,18H,2-5,8,10H2,1H3. The number of aliphatic hydroxyl groups is 1. The molecule has 1 aromatic carbocycles. The molecule has 104 valence electrons. The number of hydrogen-bond acceptors (Lipinski definition) is 3. The van der Waals surface area contributed by atoms with Crippen LogP contribution in [0.1, 0.15) is 43.0 Å². The second-order valence-corrected chi connectivity index (χ2v) is 5.51. The third kappa shape index (κ3) is 3.28. The van der Waals surface area contributed by atoms with Gasteiger partial charge in [0.15, 0.2) is 5.78 Å². The molecule has 4 heteroatoms. The molecule has 1 aliphatic rings. The fourth-order valence-electron chi connectivity index (χ4n) is 2.64. The average molecular weight is 282 g/mol. The summed E-state index contributed by atoms with van der Waals surface area (Å²) in [5.74, 6) is 0.0167. The van der Waals surface area contributed by atoms with Crippen molar-refractivity contribution in [2.75, 3.05) is 18.1 Å². The minimum absolute atomic E-state index is 0.0167. The number of hydrogen-bond donors (Lipinski definition) is 1. The molecule has 1 heterocycles. The quantitative estimate of drug-likeness (QED) is 0.865. The van der Waals surface area contributed by atoms with Gasteiger partial charge >= 0.3 is 0 Å². The van der Waals surface area contributed by atoms with Crippen LogP contribution in [-0.4, -0.2) is 30.1 Å².